The van der Waals surface area contributed by atoms with Gasteiger partial charge in [0.05, 0.1) is 7.11 Å². The number of carbonyl (C=O) groups is 1. The predicted octanol–water partition coefficient (Wildman–Crippen LogP) is 2.29. The molecule has 21 heavy (non-hydrogen) atoms. The highest BCUT2D eigenvalue weighted by Crippen LogP contribution is 2.25. The summed E-state index contributed by atoms with van der Waals surface area (Å²) >= 11 is 0. The zero-order valence-electron chi connectivity index (χ0n) is 12.6. The van der Waals surface area contributed by atoms with Gasteiger partial charge in [-0.05, 0) is 38.0 Å². The van der Waals surface area contributed by atoms with Crippen molar-refractivity contribution in [2.75, 3.05) is 13.7 Å². The highest BCUT2D eigenvalue weighted by Gasteiger charge is 2.27. The first kappa shape index (κ1) is 15.6. The maximum absolute atomic E-state index is 12.0. The van der Waals surface area contributed by atoms with Gasteiger partial charge in [0.25, 0.3) is 0 Å². The molecule has 0 saturated heterocycles. The lowest BCUT2D eigenvalue weighted by Gasteiger charge is -2.17. The fourth-order valence-electron chi connectivity index (χ4n) is 2.83. The molecule has 0 radical (unpaired) electrons. The van der Waals surface area contributed by atoms with Gasteiger partial charge in [-0.3, -0.25) is 4.79 Å². The van der Waals surface area contributed by atoms with Crippen molar-refractivity contribution in [3.05, 3.63) is 35.4 Å². The van der Waals surface area contributed by atoms with Gasteiger partial charge in [-0.1, -0.05) is 18.1 Å². The summed E-state index contributed by atoms with van der Waals surface area (Å²) < 4.78 is 5.28. The summed E-state index contributed by atoms with van der Waals surface area (Å²) in [7, 11) is 1.62. The van der Waals surface area contributed by atoms with Crippen LogP contribution in [0.2, 0.25) is 0 Å². The van der Waals surface area contributed by atoms with Gasteiger partial charge in [0.1, 0.15) is 5.75 Å². The molecule has 1 aliphatic carbocycles. The summed E-state index contributed by atoms with van der Waals surface area (Å²) in [6.07, 6.45) is 6.29. The third-order valence-corrected chi connectivity index (χ3v) is 4.02. The summed E-state index contributed by atoms with van der Waals surface area (Å²) in [4.78, 5) is 12.0. The van der Waals surface area contributed by atoms with E-state index in [1.165, 1.54) is 6.08 Å². The Labute approximate surface area is 125 Å². The topological polar surface area (TPSA) is 58.6 Å². The zero-order valence-corrected chi connectivity index (χ0v) is 12.6. The van der Waals surface area contributed by atoms with Crippen LogP contribution in [0.3, 0.4) is 0 Å². The van der Waals surface area contributed by atoms with Gasteiger partial charge in [-0.15, -0.1) is 0 Å². The number of aliphatic hydroxyl groups excluding tert-OH is 1. The zero-order chi connectivity index (χ0) is 15.2. The van der Waals surface area contributed by atoms with Crippen LogP contribution < -0.4 is 10.1 Å². The number of benzene rings is 1. The molecule has 1 aromatic rings. The van der Waals surface area contributed by atoms with E-state index in [-0.39, 0.29) is 24.5 Å². The summed E-state index contributed by atoms with van der Waals surface area (Å²) in [5, 5.41) is 12.2. The molecule has 1 aromatic carbocycles. The third-order valence-electron chi connectivity index (χ3n) is 4.02. The van der Waals surface area contributed by atoms with Crippen molar-refractivity contribution in [1.82, 2.24) is 5.32 Å². The second-order valence-corrected chi connectivity index (χ2v) is 5.57. The van der Waals surface area contributed by atoms with Crippen LogP contribution in [-0.2, 0) is 4.79 Å². The first-order valence-electron chi connectivity index (χ1n) is 7.38. The molecule has 4 heteroatoms. The molecule has 2 atom stereocenters. The van der Waals surface area contributed by atoms with Crippen molar-refractivity contribution in [2.45, 2.75) is 32.2 Å². The van der Waals surface area contributed by atoms with Gasteiger partial charge in [-0.25, -0.2) is 0 Å². The summed E-state index contributed by atoms with van der Waals surface area (Å²) in [5.41, 5.74) is 2.00. The van der Waals surface area contributed by atoms with E-state index in [4.69, 9.17) is 4.74 Å². The second-order valence-electron chi connectivity index (χ2n) is 5.57. The van der Waals surface area contributed by atoms with Crippen LogP contribution in [0, 0.1) is 12.8 Å². The highest BCUT2D eigenvalue weighted by atomic mass is 16.5. The van der Waals surface area contributed by atoms with Gasteiger partial charge in [-0.2, -0.15) is 0 Å². The third kappa shape index (κ3) is 4.08. The summed E-state index contributed by atoms with van der Waals surface area (Å²) in [6, 6.07) is 5.94. The monoisotopic (exact) mass is 289 g/mol. The molecule has 1 fully saturated rings. The molecule has 4 nitrogen and oxygen atoms in total. The number of hydrogen-bond acceptors (Lipinski definition) is 3. The van der Waals surface area contributed by atoms with E-state index in [9.17, 15) is 9.90 Å². The normalized spacial score (nSPS) is 21.7. The Balaban J connectivity index is 2.00. The number of hydrogen-bond donors (Lipinski definition) is 2. The lowest BCUT2D eigenvalue weighted by Crippen LogP contribution is -2.37. The molecule has 2 N–H and O–H groups in total. The predicted molar refractivity (Wildman–Crippen MR) is 83.1 cm³/mol. The molecule has 1 amide bonds. The molecule has 0 aliphatic heterocycles. The van der Waals surface area contributed by atoms with Crippen LogP contribution in [0.1, 0.15) is 30.4 Å². The van der Waals surface area contributed by atoms with Crippen molar-refractivity contribution in [3.63, 3.8) is 0 Å². The van der Waals surface area contributed by atoms with E-state index in [0.717, 1.165) is 36.1 Å². The lowest BCUT2D eigenvalue weighted by atomic mass is 10.1. The van der Waals surface area contributed by atoms with E-state index in [1.807, 2.05) is 25.1 Å². The molecular weight excluding hydrogens is 266 g/mol. The van der Waals surface area contributed by atoms with Gasteiger partial charge >= 0.3 is 0 Å². The minimum atomic E-state index is -0.121. The Morgan fingerprint density at radius 1 is 1.48 bits per heavy atom. The number of methoxy groups -OCH3 is 1. The molecular formula is C17H23NO3. The second kappa shape index (κ2) is 7.27. The SMILES string of the molecule is COc1ccc(C)cc1/C=C/C(=O)NC1CCCC1CO. The Morgan fingerprint density at radius 2 is 2.29 bits per heavy atom. The number of aryl methyl sites for hydroxylation is 1. The standard InChI is InChI=1S/C17H23NO3/c1-12-6-8-16(21-2)13(10-12)7-9-17(20)18-15-5-3-4-14(15)11-19/h6-10,14-15,19H,3-5,11H2,1-2H3,(H,18,20)/b9-7+. The Bertz CT molecular complexity index is 525. The van der Waals surface area contributed by atoms with Gasteiger partial charge < -0.3 is 15.2 Å². The van der Waals surface area contributed by atoms with Crippen LogP contribution in [0.4, 0.5) is 0 Å². The van der Waals surface area contributed by atoms with Crippen molar-refractivity contribution in [2.24, 2.45) is 5.92 Å². The van der Waals surface area contributed by atoms with E-state index in [2.05, 4.69) is 5.32 Å². The van der Waals surface area contributed by atoms with Crippen molar-refractivity contribution >= 4 is 12.0 Å². The number of aliphatic hydroxyl groups is 1. The maximum Gasteiger partial charge on any atom is 0.244 e. The van der Waals surface area contributed by atoms with E-state index in [1.54, 1.807) is 13.2 Å². The maximum atomic E-state index is 12.0. The fourth-order valence-corrected chi connectivity index (χ4v) is 2.83. The van der Waals surface area contributed by atoms with Gasteiger partial charge in [0.2, 0.25) is 5.91 Å². The largest absolute Gasteiger partial charge is 0.496 e. The van der Waals surface area contributed by atoms with Crippen molar-refractivity contribution in [3.8, 4) is 5.75 Å². The van der Waals surface area contributed by atoms with Crippen molar-refractivity contribution < 1.29 is 14.6 Å². The number of amides is 1. The molecule has 0 heterocycles. The molecule has 1 saturated carbocycles. The minimum Gasteiger partial charge on any atom is -0.496 e. The molecule has 2 rings (SSSR count). The van der Waals surface area contributed by atoms with Gasteiger partial charge in [0.15, 0.2) is 0 Å². The summed E-state index contributed by atoms with van der Waals surface area (Å²) in [5.74, 6) is 0.818. The Hall–Kier alpha value is -1.81. The first-order valence-corrected chi connectivity index (χ1v) is 7.38. The van der Waals surface area contributed by atoms with E-state index >= 15 is 0 Å². The van der Waals surface area contributed by atoms with E-state index < -0.39 is 0 Å². The quantitative estimate of drug-likeness (QED) is 0.818. The molecule has 0 bridgehead atoms. The number of rotatable bonds is 5. The summed E-state index contributed by atoms with van der Waals surface area (Å²) in [6.45, 7) is 2.14. The van der Waals surface area contributed by atoms with Crippen LogP contribution in [0.25, 0.3) is 6.08 Å². The first-order chi connectivity index (χ1) is 10.1. The Kier molecular flexibility index (Phi) is 5.39. The average Bonchev–Trinajstić information content (AvgIpc) is 2.92. The van der Waals surface area contributed by atoms with E-state index in [0.29, 0.717) is 0 Å². The van der Waals surface area contributed by atoms with Crippen molar-refractivity contribution in [1.29, 1.82) is 0 Å². The van der Waals surface area contributed by atoms with Gasteiger partial charge in [0, 0.05) is 30.2 Å². The van der Waals surface area contributed by atoms with Crippen LogP contribution in [0.5, 0.6) is 5.75 Å². The minimum absolute atomic E-state index is 0.0894. The Morgan fingerprint density at radius 3 is 3.00 bits per heavy atom. The van der Waals surface area contributed by atoms with Crippen LogP contribution in [0.15, 0.2) is 24.3 Å². The molecule has 0 aromatic heterocycles. The highest BCUT2D eigenvalue weighted by molar-refractivity contribution is 5.92. The number of carbonyl (C=O) groups excluding carboxylic acids is 1. The molecule has 1 aliphatic rings. The molecule has 0 spiro atoms. The average molecular weight is 289 g/mol. The lowest BCUT2D eigenvalue weighted by molar-refractivity contribution is -0.117. The molecule has 2 unspecified atom stereocenters. The van der Waals surface area contributed by atoms with Crippen LogP contribution in [-0.4, -0.2) is 30.8 Å². The smallest absolute Gasteiger partial charge is 0.244 e. The van der Waals surface area contributed by atoms with Crippen LogP contribution >= 0.6 is 0 Å². The number of ether oxygens (including phenoxy) is 1. The fraction of sp³-hybridized carbons (Fsp3) is 0.471. The number of nitrogens with one attached hydrogen (secondary N) is 1. The molecule has 114 valence electrons.